The molecule has 0 aliphatic heterocycles. The first-order valence-corrected chi connectivity index (χ1v) is 7.56. The molecule has 0 aliphatic carbocycles. The maximum atomic E-state index is 9.56. The number of aliphatic hydroxyl groups is 1. The monoisotopic (exact) mass is 362 g/mol. The Kier molecular flexibility index (Phi) is 4.10. The van der Waals surface area contributed by atoms with Gasteiger partial charge in [-0.25, -0.2) is 4.68 Å². The van der Waals surface area contributed by atoms with Crippen molar-refractivity contribution in [1.82, 2.24) is 9.78 Å². The van der Waals surface area contributed by atoms with Gasteiger partial charge in [-0.2, -0.15) is 5.10 Å². The molecule has 0 radical (unpaired) electrons. The summed E-state index contributed by atoms with van der Waals surface area (Å²) in [6, 6.07) is 15.3. The lowest BCUT2D eigenvalue weighted by atomic mass is 10.1. The maximum Gasteiger partial charge on any atom is 0.0982 e. The summed E-state index contributed by atoms with van der Waals surface area (Å²) in [7, 11) is 0. The van der Waals surface area contributed by atoms with E-state index in [9.17, 15) is 5.11 Å². The number of nitrogens with zero attached hydrogens (tertiary/aromatic N) is 2. The van der Waals surface area contributed by atoms with Gasteiger partial charge in [0.25, 0.3) is 0 Å². The van der Waals surface area contributed by atoms with Gasteiger partial charge in [0.2, 0.25) is 0 Å². The zero-order valence-electron chi connectivity index (χ0n) is 11.0. The molecule has 3 aromatic rings. The summed E-state index contributed by atoms with van der Waals surface area (Å²) in [5.41, 5.74) is 3.37. The summed E-state index contributed by atoms with van der Waals surface area (Å²) >= 11 is 9.43. The highest BCUT2D eigenvalue weighted by atomic mass is 79.9. The van der Waals surface area contributed by atoms with Crippen molar-refractivity contribution in [2.24, 2.45) is 0 Å². The number of aromatic nitrogens is 2. The van der Waals surface area contributed by atoms with Crippen molar-refractivity contribution in [2.75, 3.05) is 0 Å². The second kappa shape index (κ2) is 6.02. The van der Waals surface area contributed by atoms with Crippen molar-refractivity contribution < 1.29 is 5.11 Å². The van der Waals surface area contributed by atoms with Crippen molar-refractivity contribution in [2.45, 2.75) is 6.61 Å². The highest BCUT2D eigenvalue weighted by Crippen LogP contribution is 2.25. The minimum absolute atomic E-state index is 0.0635. The summed E-state index contributed by atoms with van der Waals surface area (Å²) in [6.45, 7) is -0.0635. The summed E-state index contributed by atoms with van der Waals surface area (Å²) in [6.07, 6.45) is 1.82. The molecule has 0 bridgehead atoms. The van der Waals surface area contributed by atoms with Crippen LogP contribution in [0.15, 0.2) is 59.2 Å². The van der Waals surface area contributed by atoms with Gasteiger partial charge in [0.15, 0.2) is 0 Å². The van der Waals surface area contributed by atoms with E-state index in [4.69, 9.17) is 11.6 Å². The molecule has 5 heteroatoms. The smallest absolute Gasteiger partial charge is 0.0982 e. The van der Waals surface area contributed by atoms with Crippen molar-refractivity contribution in [3.8, 4) is 16.9 Å². The standard InChI is InChI=1S/C16H12BrClN2O/c17-13-6-4-11(5-7-13)16-12(10-21)9-20(19-16)15-3-1-2-14(18)8-15/h1-9,21H,10H2. The highest BCUT2D eigenvalue weighted by molar-refractivity contribution is 9.10. The van der Waals surface area contributed by atoms with Gasteiger partial charge in [-0.3, -0.25) is 0 Å². The number of hydrogen-bond acceptors (Lipinski definition) is 2. The maximum absolute atomic E-state index is 9.56. The third kappa shape index (κ3) is 3.02. The molecule has 2 aromatic carbocycles. The van der Waals surface area contributed by atoms with Crippen LogP contribution in [0.2, 0.25) is 5.02 Å². The van der Waals surface area contributed by atoms with E-state index < -0.39 is 0 Å². The van der Waals surface area contributed by atoms with E-state index in [-0.39, 0.29) is 6.61 Å². The Morgan fingerprint density at radius 3 is 2.57 bits per heavy atom. The van der Waals surface area contributed by atoms with Crippen LogP contribution in [-0.2, 0) is 6.61 Å². The lowest BCUT2D eigenvalue weighted by Crippen LogP contribution is -1.94. The Labute approximate surface area is 135 Å². The molecule has 3 nitrogen and oxygen atoms in total. The van der Waals surface area contributed by atoms with Crippen LogP contribution in [0, 0.1) is 0 Å². The van der Waals surface area contributed by atoms with Crippen molar-refractivity contribution in [1.29, 1.82) is 0 Å². The lowest BCUT2D eigenvalue weighted by molar-refractivity contribution is 0.282. The number of rotatable bonds is 3. The third-order valence-electron chi connectivity index (χ3n) is 3.15. The van der Waals surface area contributed by atoms with Crippen molar-refractivity contribution >= 4 is 27.5 Å². The van der Waals surface area contributed by atoms with Gasteiger partial charge in [-0.1, -0.05) is 45.7 Å². The molecule has 1 aromatic heterocycles. The zero-order chi connectivity index (χ0) is 14.8. The summed E-state index contributed by atoms with van der Waals surface area (Å²) < 4.78 is 2.74. The Hall–Kier alpha value is -1.62. The van der Waals surface area contributed by atoms with Gasteiger partial charge in [0.05, 0.1) is 18.0 Å². The SMILES string of the molecule is OCc1cn(-c2cccc(Cl)c2)nc1-c1ccc(Br)cc1. The second-order valence-corrected chi connectivity index (χ2v) is 5.94. The molecule has 0 saturated carbocycles. The summed E-state index contributed by atoms with van der Waals surface area (Å²) in [4.78, 5) is 0. The molecule has 1 heterocycles. The summed E-state index contributed by atoms with van der Waals surface area (Å²) in [5, 5.41) is 14.8. The number of benzene rings is 2. The topological polar surface area (TPSA) is 38.0 Å². The molecule has 3 rings (SSSR count). The van der Waals surface area contributed by atoms with E-state index in [1.165, 1.54) is 0 Å². The predicted molar refractivity (Wildman–Crippen MR) is 87.6 cm³/mol. The van der Waals surface area contributed by atoms with E-state index in [2.05, 4.69) is 21.0 Å². The molecule has 0 unspecified atom stereocenters. The van der Waals surface area contributed by atoms with E-state index in [0.29, 0.717) is 5.02 Å². The van der Waals surface area contributed by atoms with Crippen LogP contribution >= 0.6 is 27.5 Å². The van der Waals surface area contributed by atoms with Crippen LogP contribution in [0.3, 0.4) is 0 Å². The fraction of sp³-hybridized carbons (Fsp3) is 0.0625. The molecule has 21 heavy (non-hydrogen) atoms. The van der Waals surface area contributed by atoms with Crippen LogP contribution in [0.5, 0.6) is 0 Å². The van der Waals surface area contributed by atoms with Crippen molar-refractivity contribution in [3.05, 3.63) is 69.8 Å². The summed E-state index contributed by atoms with van der Waals surface area (Å²) in [5.74, 6) is 0. The van der Waals surface area contributed by atoms with Crippen LogP contribution in [0.1, 0.15) is 5.56 Å². The molecule has 0 amide bonds. The van der Waals surface area contributed by atoms with Crippen LogP contribution in [0.4, 0.5) is 0 Å². The van der Waals surface area contributed by atoms with E-state index >= 15 is 0 Å². The molecule has 0 aliphatic rings. The average Bonchev–Trinajstić information content (AvgIpc) is 2.92. The Balaban J connectivity index is 2.08. The highest BCUT2D eigenvalue weighted by Gasteiger charge is 2.11. The number of hydrogen-bond donors (Lipinski definition) is 1. The van der Waals surface area contributed by atoms with Gasteiger partial charge >= 0.3 is 0 Å². The van der Waals surface area contributed by atoms with Gasteiger partial charge in [0.1, 0.15) is 0 Å². The molecule has 106 valence electrons. The van der Waals surface area contributed by atoms with Gasteiger partial charge < -0.3 is 5.11 Å². The van der Waals surface area contributed by atoms with E-state index in [1.807, 2.05) is 54.7 Å². The van der Waals surface area contributed by atoms with Gasteiger partial charge in [0, 0.05) is 26.8 Å². The fourth-order valence-corrected chi connectivity index (χ4v) is 2.58. The number of halogens is 2. The largest absolute Gasteiger partial charge is 0.392 e. The minimum Gasteiger partial charge on any atom is -0.392 e. The molecular weight excluding hydrogens is 352 g/mol. The molecule has 0 atom stereocenters. The third-order valence-corrected chi connectivity index (χ3v) is 3.91. The van der Waals surface area contributed by atoms with Crippen LogP contribution in [-0.4, -0.2) is 14.9 Å². The molecular formula is C16H12BrClN2O. The van der Waals surface area contributed by atoms with Gasteiger partial charge in [-0.15, -0.1) is 0 Å². The lowest BCUT2D eigenvalue weighted by Gasteiger charge is -2.01. The molecule has 1 N–H and O–H groups in total. The zero-order valence-corrected chi connectivity index (χ0v) is 13.3. The molecule has 0 saturated heterocycles. The van der Waals surface area contributed by atoms with E-state index in [1.54, 1.807) is 4.68 Å². The Morgan fingerprint density at radius 2 is 1.90 bits per heavy atom. The second-order valence-electron chi connectivity index (χ2n) is 4.59. The van der Waals surface area contributed by atoms with Crippen LogP contribution in [0.25, 0.3) is 16.9 Å². The fourth-order valence-electron chi connectivity index (χ4n) is 2.13. The average molecular weight is 364 g/mol. The van der Waals surface area contributed by atoms with Crippen molar-refractivity contribution in [3.63, 3.8) is 0 Å². The first kappa shape index (κ1) is 14.3. The predicted octanol–water partition coefficient (Wildman–Crippen LogP) is 4.45. The normalized spacial score (nSPS) is 10.8. The first-order chi connectivity index (χ1) is 10.2. The van der Waals surface area contributed by atoms with E-state index in [0.717, 1.165) is 27.0 Å². The minimum atomic E-state index is -0.0635. The molecule has 0 fully saturated rings. The van der Waals surface area contributed by atoms with Crippen LogP contribution < -0.4 is 0 Å². The Morgan fingerprint density at radius 1 is 1.14 bits per heavy atom. The number of aliphatic hydroxyl groups excluding tert-OH is 1. The molecule has 0 spiro atoms. The Bertz CT molecular complexity index is 768. The van der Waals surface area contributed by atoms with Gasteiger partial charge in [-0.05, 0) is 30.3 Å². The quantitative estimate of drug-likeness (QED) is 0.746. The first-order valence-electron chi connectivity index (χ1n) is 6.38.